The van der Waals surface area contributed by atoms with Crippen molar-refractivity contribution < 1.29 is 14.3 Å². The Kier molecular flexibility index (Phi) is 3.06. The zero-order valence-electron chi connectivity index (χ0n) is 8.70. The smallest absolute Gasteiger partial charge is 0.311 e. The van der Waals surface area contributed by atoms with Crippen molar-refractivity contribution in [3.05, 3.63) is 0 Å². The van der Waals surface area contributed by atoms with E-state index < -0.39 is 0 Å². The van der Waals surface area contributed by atoms with Crippen molar-refractivity contribution in [1.29, 1.82) is 0 Å². The van der Waals surface area contributed by atoms with Crippen molar-refractivity contribution in [3.63, 3.8) is 0 Å². The summed E-state index contributed by atoms with van der Waals surface area (Å²) < 4.78 is 10.8. The number of unbranched alkanes of at least 4 members (excludes halogenated alkanes) is 1. The second kappa shape index (κ2) is 4.30. The third kappa shape index (κ3) is 1.92. The van der Waals surface area contributed by atoms with Crippen LogP contribution in [0.15, 0.2) is 0 Å². The maximum atomic E-state index is 11.6. The Labute approximate surface area is 84.8 Å². The largest absolute Gasteiger partial charge is 0.465 e. The average Bonchev–Trinajstić information content (AvgIpc) is 2.79. The number of hydrogen-bond acceptors (Lipinski definition) is 3. The van der Waals surface area contributed by atoms with Gasteiger partial charge in [0, 0.05) is 0 Å². The molecule has 3 atom stereocenters. The highest BCUT2D eigenvalue weighted by atomic mass is 16.5. The predicted octanol–water partition coefficient (Wildman–Crippen LogP) is 1.90. The molecule has 0 unspecified atom stereocenters. The SMILES string of the molecule is CCCCOC(=O)[C@H]1C[C@H]2CC[C@@H]1O2. The number of hydrogen-bond donors (Lipinski definition) is 0. The fourth-order valence-electron chi connectivity index (χ4n) is 2.31. The molecule has 0 radical (unpaired) electrons. The summed E-state index contributed by atoms with van der Waals surface area (Å²) in [6, 6.07) is 0. The van der Waals surface area contributed by atoms with E-state index in [1.165, 1.54) is 0 Å². The van der Waals surface area contributed by atoms with Gasteiger partial charge in [0.15, 0.2) is 0 Å². The van der Waals surface area contributed by atoms with Crippen LogP contribution in [0, 0.1) is 5.92 Å². The molecule has 2 aliphatic rings. The molecule has 2 aliphatic heterocycles. The first kappa shape index (κ1) is 9.97. The van der Waals surface area contributed by atoms with Gasteiger partial charge in [-0.2, -0.15) is 0 Å². The summed E-state index contributed by atoms with van der Waals surface area (Å²) in [7, 11) is 0. The van der Waals surface area contributed by atoms with Gasteiger partial charge >= 0.3 is 5.97 Å². The molecule has 0 spiro atoms. The van der Waals surface area contributed by atoms with Crippen LogP contribution in [0.2, 0.25) is 0 Å². The molecule has 0 N–H and O–H groups in total. The van der Waals surface area contributed by atoms with Crippen LogP contribution >= 0.6 is 0 Å². The van der Waals surface area contributed by atoms with E-state index in [4.69, 9.17) is 9.47 Å². The molecular weight excluding hydrogens is 180 g/mol. The molecule has 2 heterocycles. The number of esters is 1. The number of rotatable bonds is 4. The van der Waals surface area contributed by atoms with Crippen LogP contribution in [-0.2, 0) is 14.3 Å². The Morgan fingerprint density at radius 2 is 2.36 bits per heavy atom. The van der Waals surface area contributed by atoms with E-state index in [9.17, 15) is 4.79 Å². The monoisotopic (exact) mass is 198 g/mol. The summed E-state index contributed by atoms with van der Waals surface area (Å²) in [5.74, 6) is -0.00347. The Morgan fingerprint density at radius 3 is 2.93 bits per heavy atom. The van der Waals surface area contributed by atoms with E-state index >= 15 is 0 Å². The molecule has 2 rings (SSSR count). The number of fused-ring (bicyclic) bond motifs is 2. The lowest BCUT2D eigenvalue weighted by molar-refractivity contribution is -0.150. The lowest BCUT2D eigenvalue weighted by Crippen LogP contribution is -2.27. The van der Waals surface area contributed by atoms with Crippen molar-refractivity contribution in [1.82, 2.24) is 0 Å². The van der Waals surface area contributed by atoms with Gasteiger partial charge in [0.25, 0.3) is 0 Å². The molecule has 0 amide bonds. The molecule has 0 aromatic rings. The minimum Gasteiger partial charge on any atom is -0.465 e. The zero-order valence-corrected chi connectivity index (χ0v) is 8.70. The fraction of sp³-hybridized carbons (Fsp3) is 0.909. The standard InChI is InChI=1S/C11H18O3/c1-2-3-6-13-11(12)9-7-8-4-5-10(9)14-8/h8-10H,2-7H2,1H3/t8-,9+,10+/m1/s1. The average molecular weight is 198 g/mol. The van der Waals surface area contributed by atoms with Gasteiger partial charge in [0.05, 0.1) is 24.7 Å². The van der Waals surface area contributed by atoms with Gasteiger partial charge in [-0.25, -0.2) is 0 Å². The lowest BCUT2D eigenvalue weighted by atomic mass is 9.89. The Bertz CT molecular complexity index is 215. The lowest BCUT2D eigenvalue weighted by Gasteiger charge is -2.16. The number of carbonyl (C=O) groups excluding carboxylic acids is 1. The topological polar surface area (TPSA) is 35.5 Å². The minimum absolute atomic E-state index is 0.0330. The fourth-order valence-corrected chi connectivity index (χ4v) is 2.31. The van der Waals surface area contributed by atoms with Gasteiger partial charge in [0.2, 0.25) is 0 Å². The molecule has 2 fully saturated rings. The second-order valence-corrected chi connectivity index (χ2v) is 4.24. The van der Waals surface area contributed by atoms with E-state index in [0.29, 0.717) is 12.7 Å². The van der Waals surface area contributed by atoms with Crippen LogP contribution in [0.3, 0.4) is 0 Å². The molecule has 2 bridgehead atoms. The second-order valence-electron chi connectivity index (χ2n) is 4.24. The third-order valence-electron chi connectivity index (χ3n) is 3.15. The molecule has 0 aliphatic carbocycles. The quantitative estimate of drug-likeness (QED) is 0.511. The van der Waals surface area contributed by atoms with Crippen LogP contribution in [-0.4, -0.2) is 24.8 Å². The third-order valence-corrected chi connectivity index (χ3v) is 3.15. The van der Waals surface area contributed by atoms with Gasteiger partial charge in [-0.05, 0) is 25.7 Å². The molecule has 3 heteroatoms. The summed E-state index contributed by atoms with van der Waals surface area (Å²) in [4.78, 5) is 11.6. The van der Waals surface area contributed by atoms with E-state index in [2.05, 4.69) is 6.92 Å². The van der Waals surface area contributed by atoms with E-state index in [1.54, 1.807) is 0 Å². The van der Waals surface area contributed by atoms with Crippen molar-refractivity contribution in [3.8, 4) is 0 Å². The Balaban J connectivity index is 1.75. The van der Waals surface area contributed by atoms with Crippen molar-refractivity contribution in [2.75, 3.05) is 6.61 Å². The van der Waals surface area contributed by atoms with E-state index in [-0.39, 0.29) is 18.0 Å². The van der Waals surface area contributed by atoms with Crippen molar-refractivity contribution in [2.45, 2.75) is 51.2 Å². The van der Waals surface area contributed by atoms with Crippen molar-refractivity contribution in [2.24, 2.45) is 5.92 Å². The first-order valence-corrected chi connectivity index (χ1v) is 5.63. The Morgan fingerprint density at radius 1 is 1.50 bits per heavy atom. The molecule has 0 aromatic carbocycles. The molecule has 80 valence electrons. The zero-order chi connectivity index (χ0) is 9.97. The van der Waals surface area contributed by atoms with Crippen LogP contribution in [0.25, 0.3) is 0 Å². The van der Waals surface area contributed by atoms with Crippen molar-refractivity contribution >= 4 is 5.97 Å². The maximum absolute atomic E-state index is 11.6. The molecule has 0 saturated carbocycles. The molecular formula is C11H18O3. The summed E-state index contributed by atoms with van der Waals surface area (Å²) in [5.41, 5.74) is 0. The highest BCUT2D eigenvalue weighted by molar-refractivity contribution is 5.73. The molecule has 3 nitrogen and oxygen atoms in total. The van der Waals surface area contributed by atoms with Gasteiger partial charge in [-0.3, -0.25) is 4.79 Å². The first-order chi connectivity index (χ1) is 6.81. The summed E-state index contributed by atoms with van der Waals surface area (Å²) in [6.07, 6.45) is 5.59. The van der Waals surface area contributed by atoms with Crippen LogP contribution in [0.1, 0.15) is 39.0 Å². The van der Waals surface area contributed by atoms with Gasteiger partial charge in [0.1, 0.15) is 0 Å². The number of ether oxygens (including phenoxy) is 2. The molecule has 14 heavy (non-hydrogen) atoms. The Hall–Kier alpha value is -0.570. The van der Waals surface area contributed by atoms with Crippen LogP contribution < -0.4 is 0 Å². The maximum Gasteiger partial charge on any atom is 0.311 e. The summed E-state index contributed by atoms with van der Waals surface area (Å²) in [5, 5.41) is 0. The van der Waals surface area contributed by atoms with E-state index in [0.717, 1.165) is 32.1 Å². The highest BCUT2D eigenvalue weighted by Crippen LogP contribution is 2.39. The minimum atomic E-state index is -0.0364. The van der Waals surface area contributed by atoms with Gasteiger partial charge in [-0.1, -0.05) is 13.3 Å². The van der Waals surface area contributed by atoms with Gasteiger partial charge in [-0.15, -0.1) is 0 Å². The van der Waals surface area contributed by atoms with Crippen LogP contribution in [0.4, 0.5) is 0 Å². The van der Waals surface area contributed by atoms with E-state index in [1.807, 2.05) is 0 Å². The summed E-state index contributed by atoms with van der Waals surface area (Å²) >= 11 is 0. The van der Waals surface area contributed by atoms with Crippen LogP contribution in [0.5, 0.6) is 0 Å². The number of carbonyl (C=O) groups is 1. The molecule has 2 saturated heterocycles. The van der Waals surface area contributed by atoms with Gasteiger partial charge < -0.3 is 9.47 Å². The first-order valence-electron chi connectivity index (χ1n) is 5.63. The molecule has 0 aromatic heterocycles. The summed E-state index contributed by atoms with van der Waals surface area (Å²) in [6.45, 7) is 2.66. The highest BCUT2D eigenvalue weighted by Gasteiger charge is 2.45. The normalized spacial score (nSPS) is 34.8. The predicted molar refractivity (Wildman–Crippen MR) is 51.9 cm³/mol.